The van der Waals surface area contributed by atoms with Crippen LogP contribution < -0.4 is 14.4 Å². The fourth-order valence-electron chi connectivity index (χ4n) is 9.38. The minimum atomic E-state index is -1.08. The summed E-state index contributed by atoms with van der Waals surface area (Å²) in [6.07, 6.45) is 7.54. The number of H-pyrrole nitrogens is 1. The van der Waals surface area contributed by atoms with Crippen LogP contribution in [0.5, 0.6) is 17.2 Å². The maximum atomic E-state index is 14.2. The van der Waals surface area contributed by atoms with Crippen molar-refractivity contribution in [1.82, 2.24) is 19.8 Å². The van der Waals surface area contributed by atoms with Gasteiger partial charge >= 0.3 is 5.97 Å². The van der Waals surface area contributed by atoms with E-state index in [1.165, 1.54) is 53.6 Å². The van der Waals surface area contributed by atoms with E-state index in [4.69, 9.17) is 9.47 Å². The Labute approximate surface area is 315 Å². The summed E-state index contributed by atoms with van der Waals surface area (Å²) in [6, 6.07) is 23.5. The van der Waals surface area contributed by atoms with Gasteiger partial charge in [0.1, 0.15) is 34.3 Å². The molecule has 4 fully saturated rings. The molecular weight excluding hydrogens is 682 g/mol. The molecule has 9 nitrogen and oxygen atoms in total. The van der Waals surface area contributed by atoms with Gasteiger partial charge in [-0.25, -0.2) is 14.2 Å². The number of hydrogen-bond acceptors (Lipinski definition) is 7. The molecule has 0 radical (unpaired) electrons. The number of aromatic carboxylic acids is 1. The van der Waals surface area contributed by atoms with Crippen LogP contribution in [0.3, 0.4) is 0 Å². The number of anilines is 1. The minimum Gasteiger partial charge on any atom is -0.496 e. The average molecular weight is 730 g/mol. The Balaban J connectivity index is 0.892. The van der Waals surface area contributed by atoms with Crippen LogP contribution in [-0.2, 0) is 6.54 Å². The third-order valence-corrected chi connectivity index (χ3v) is 12.3. The SMILES string of the molecule is COc1cc(CN2CCN(C3CC4(C3)CN(c3ccc(C(=O)O)c(Oc5cnc6[nH]cc(F)c6c5)c3)C4)[C@H](c3ccccc3C(C)C)C2)ccc1C1CC1. The average Bonchev–Trinajstić information content (AvgIpc) is 3.92. The van der Waals surface area contributed by atoms with Crippen LogP contribution in [0.25, 0.3) is 11.0 Å². The van der Waals surface area contributed by atoms with Gasteiger partial charge in [0, 0.05) is 74.7 Å². The molecule has 0 bridgehead atoms. The molecular formula is C44H48FN5O4. The lowest BCUT2D eigenvalue weighted by Crippen LogP contribution is -2.68. The third-order valence-electron chi connectivity index (χ3n) is 12.3. The first-order valence-electron chi connectivity index (χ1n) is 19.3. The monoisotopic (exact) mass is 729 g/mol. The molecule has 0 unspecified atom stereocenters. The van der Waals surface area contributed by atoms with Crippen molar-refractivity contribution in [3.63, 3.8) is 0 Å². The summed E-state index contributed by atoms with van der Waals surface area (Å²) in [5.74, 6) is 1.12. The quantitative estimate of drug-likeness (QED) is 0.140. The van der Waals surface area contributed by atoms with Crippen molar-refractivity contribution in [2.75, 3.05) is 44.7 Å². The van der Waals surface area contributed by atoms with E-state index < -0.39 is 11.8 Å². The molecule has 2 N–H and O–H groups in total. The molecule has 2 saturated heterocycles. The van der Waals surface area contributed by atoms with Crippen molar-refractivity contribution < 1.29 is 23.8 Å². The molecule has 2 saturated carbocycles. The number of carboxylic acids is 1. The molecule has 54 heavy (non-hydrogen) atoms. The van der Waals surface area contributed by atoms with Gasteiger partial charge in [0.25, 0.3) is 0 Å². The number of nitrogens with one attached hydrogen (secondary N) is 1. The van der Waals surface area contributed by atoms with Crippen LogP contribution >= 0.6 is 0 Å². The predicted molar refractivity (Wildman–Crippen MR) is 207 cm³/mol. The van der Waals surface area contributed by atoms with Gasteiger partial charge in [-0.2, -0.15) is 0 Å². The summed E-state index contributed by atoms with van der Waals surface area (Å²) in [5.41, 5.74) is 7.19. The van der Waals surface area contributed by atoms with Gasteiger partial charge in [0.2, 0.25) is 0 Å². The molecule has 10 heteroatoms. The van der Waals surface area contributed by atoms with Crippen LogP contribution in [0.2, 0.25) is 0 Å². The molecule has 4 aliphatic rings. The number of benzene rings is 3. The number of carboxylic acid groups (broad SMARTS) is 1. The Kier molecular flexibility index (Phi) is 8.85. The second-order valence-corrected chi connectivity index (χ2v) is 16.3. The molecule has 1 spiro atoms. The highest BCUT2D eigenvalue weighted by atomic mass is 19.1. The second-order valence-electron chi connectivity index (χ2n) is 16.3. The zero-order valence-corrected chi connectivity index (χ0v) is 31.2. The summed E-state index contributed by atoms with van der Waals surface area (Å²) >= 11 is 0. The third kappa shape index (κ3) is 6.49. The van der Waals surface area contributed by atoms with Crippen molar-refractivity contribution in [2.24, 2.45) is 5.41 Å². The fraction of sp³-hybridized carbons (Fsp3) is 0.409. The number of carbonyl (C=O) groups is 1. The first-order chi connectivity index (χ1) is 26.2. The lowest BCUT2D eigenvalue weighted by Gasteiger charge is -2.63. The number of pyridine rings is 1. The van der Waals surface area contributed by atoms with Crippen LogP contribution in [-0.4, -0.2) is 76.7 Å². The van der Waals surface area contributed by atoms with Gasteiger partial charge in [-0.05, 0) is 84.0 Å². The number of fused-ring (bicyclic) bond motifs is 1. The lowest BCUT2D eigenvalue weighted by atomic mass is 9.59. The number of methoxy groups -OCH3 is 1. The van der Waals surface area contributed by atoms with Gasteiger partial charge in [-0.1, -0.05) is 50.2 Å². The van der Waals surface area contributed by atoms with Gasteiger partial charge < -0.3 is 24.5 Å². The summed E-state index contributed by atoms with van der Waals surface area (Å²) < 4.78 is 26.1. The van der Waals surface area contributed by atoms with Gasteiger partial charge in [-0.15, -0.1) is 0 Å². The van der Waals surface area contributed by atoms with E-state index in [1.54, 1.807) is 19.2 Å². The minimum absolute atomic E-state index is 0.0496. The summed E-state index contributed by atoms with van der Waals surface area (Å²) in [6.45, 7) is 10.4. The molecule has 280 valence electrons. The van der Waals surface area contributed by atoms with Crippen LogP contribution in [0.4, 0.5) is 10.1 Å². The number of aromatic amines is 1. The summed E-state index contributed by atoms with van der Waals surface area (Å²) in [7, 11) is 1.80. The molecule has 2 aromatic heterocycles. The Morgan fingerprint density at radius 3 is 2.59 bits per heavy atom. The van der Waals surface area contributed by atoms with Crippen molar-refractivity contribution in [3.05, 3.63) is 113 Å². The number of nitrogens with zero attached hydrogens (tertiary/aromatic N) is 4. The highest BCUT2D eigenvalue weighted by molar-refractivity contribution is 5.92. The van der Waals surface area contributed by atoms with E-state index in [0.29, 0.717) is 35.0 Å². The van der Waals surface area contributed by atoms with E-state index in [9.17, 15) is 14.3 Å². The Bertz CT molecular complexity index is 2200. The summed E-state index contributed by atoms with van der Waals surface area (Å²) in [4.78, 5) is 26.9. The topological polar surface area (TPSA) is 94.2 Å². The van der Waals surface area contributed by atoms with E-state index in [0.717, 1.165) is 63.5 Å². The van der Waals surface area contributed by atoms with Crippen molar-refractivity contribution in [3.8, 4) is 17.2 Å². The van der Waals surface area contributed by atoms with E-state index in [-0.39, 0.29) is 22.5 Å². The molecule has 9 rings (SSSR count). The largest absolute Gasteiger partial charge is 0.496 e. The number of ether oxygens (including phenoxy) is 2. The number of halogens is 1. The van der Waals surface area contributed by atoms with Crippen molar-refractivity contribution in [2.45, 2.75) is 70.0 Å². The smallest absolute Gasteiger partial charge is 0.339 e. The number of aromatic nitrogens is 2. The molecule has 5 aromatic rings. The molecule has 2 aliphatic heterocycles. The van der Waals surface area contributed by atoms with Gasteiger partial charge in [0.05, 0.1) is 18.7 Å². The highest BCUT2D eigenvalue weighted by Crippen LogP contribution is 2.54. The molecule has 3 aromatic carbocycles. The van der Waals surface area contributed by atoms with Crippen LogP contribution in [0.1, 0.15) is 90.0 Å². The normalized spacial score (nSPS) is 20.3. The van der Waals surface area contributed by atoms with Crippen molar-refractivity contribution >= 4 is 22.7 Å². The highest BCUT2D eigenvalue weighted by Gasteiger charge is 2.55. The maximum Gasteiger partial charge on any atom is 0.339 e. The van der Waals surface area contributed by atoms with Gasteiger partial charge in [-0.3, -0.25) is 9.80 Å². The first kappa shape index (κ1) is 34.8. The van der Waals surface area contributed by atoms with Crippen LogP contribution in [0.15, 0.2) is 79.1 Å². The Morgan fingerprint density at radius 1 is 1.02 bits per heavy atom. The van der Waals surface area contributed by atoms with Gasteiger partial charge in [0.15, 0.2) is 0 Å². The maximum absolute atomic E-state index is 14.2. The molecule has 2 aliphatic carbocycles. The zero-order valence-electron chi connectivity index (χ0n) is 31.2. The second kappa shape index (κ2) is 13.7. The van der Waals surface area contributed by atoms with E-state index >= 15 is 0 Å². The van der Waals surface area contributed by atoms with Crippen LogP contribution in [0, 0.1) is 11.2 Å². The number of piperazine rings is 1. The molecule has 1 atom stereocenters. The predicted octanol–water partition coefficient (Wildman–Crippen LogP) is 8.73. The zero-order chi connectivity index (χ0) is 37.1. The molecule has 4 heterocycles. The van der Waals surface area contributed by atoms with Crippen molar-refractivity contribution in [1.29, 1.82) is 0 Å². The molecule has 0 amide bonds. The number of rotatable bonds is 11. The first-order valence-corrected chi connectivity index (χ1v) is 19.3. The number of hydrogen-bond donors (Lipinski definition) is 2. The Morgan fingerprint density at radius 2 is 1.83 bits per heavy atom. The van der Waals surface area contributed by atoms with E-state index in [1.807, 2.05) is 6.07 Å². The summed E-state index contributed by atoms with van der Waals surface area (Å²) in [5, 5.41) is 10.2. The van der Waals surface area contributed by atoms with E-state index in [2.05, 4.69) is 81.0 Å². The lowest BCUT2D eigenvalue weighted by molar-refractivity contribution is -0.0647. The standard InChI is InChI=1S/C44H48FN5O4/c1-27(2)33-6-4-5-7-35(33)39-24-48(23-28-8-12-34(29-9-10-29)40(16-28)53-3)14-15-50(39)31-19-44(20-31)25-49(26-44)30-11-13-36(43(51)52)41(17-30)54-32-18-37-38(45)22-47-42(37)46-21-32/h4-8,11-13,16-18,21-22,27,29,31,39H,9-10,14-15,19-20,23-26H2,1-3H3,(H,46,47)(H,51,52)/t39-/m0/s1. The fourth-order valence-corrected chi connectivity index (χ4v) is 9.38. The Hall–Kier alpha value is -4.93.